The SMILES string of the molecule is Cc1n[nH]c(C)c1NS(=O)(=O)c1cc(Cl)cc(CO)c1C. The molecule has 0 aliphatic rings. The van der Waals surface area contributed by atoms with E-state index in [9.17, 15) is 13.5 Å². The second-order valence-electron chi connectivity index (χ2n) is 4.76. The van der Waals surface area contributed by atoms with E-state index in [0.29, 0.717) is 28.2 Å². The molecule has 0 amide bonds. The lowest BCUT2D eigenvalue weighted by Gasteiger charge is -2.13. The molecule has 8 heteroatoms. The molecule has 0 aliphatic heterocycles. The van der Waals surface area contributed by atoms with Gasteiger partial charge in [0.05, 0.1) is 28.6 Å². The van der Waals surface area contributed by atoms with Crippen molar-refractivity contribution in [3.05, 3.63) is 39.7 Å². The third kappa shape index (κ3) is 3.04. The minimum Gasteiger partial charge on any atom is -0.392 e. The van der Waals surface area contributed by atoms with Crippen LogP contribution in [-0.4, -0.2) is 23.7 Å². The molecule has 0 bridgehead atoms. The highest BCUT2D eigenvalue weighted by molar-refractivity contribution is 7.92. The van der Waals surface area contributed by atoms with Gasteiger partial charge in [0, 0.05) is 5.02 Å². The predicted molar refractivity (Wildman–Crippen MR) is 81.0 cm³/mol. The highest BCUT2D eigenvalue weighted by Gasteiger charge is 2.22. The summed E-state index contributed by atoms with van der Waals surface area (Å²) >= 11 is 5.93. The number of H-pyrrole nitrogens is 1. The van der Waals surface area contributed by atoms with Crippen molar-refractivity contribution in [3.8, 4) is 0 Å². The van der Waals surface area contributed by atoms with E-state index in [1.165, 1.54) is 6.07 Å². The van der Waals surface area contributed by atoms with Crippen LogP contribution in [0.2, 0.25) is 5.02 Å². The van der Waals surface area contributed by atoms with Crippen molar-refractivity contribution in [1.29, 1.82) is 0 Å². The van der Waals surface area contributed by atoms with E-state index in [1.54, 1.807) is 26.8 Å². The molecule has 0 unspecified atom stereocenters. The van der Waals surface area contributed by atoms with E-state index in [1.807, 2.05) is 0 Å². The molecule has 0 aliphatic carbocycles. The van der Waals surface area contributed by atoms with Crippen LogP contribution in [0, 0.1) is 20.8 Å². The highest BCUT2D eigenvalue weighted by Crippen LogP contribution is 2.27. The van der Waals surface area contributed by atoms with E-state index in [-0.39, 0.29) is 16.5 Å². The number of halogens is 1. The third-order valence-corrected chi connectivity index (χ3v) is 4.95. The second-order valence-corrected chi connectivity index (χ2v) is 6.85. The van der Waals surface area contributed by atoms with Gasteiger partial charge in [0.15, 0.2) is 0 Å². The van der Waals surface area contributed by atoms with Crippen LogP contribution in [0.3, 0.4) is 0 Å². The minimum absolute atomic E-state index is 0.0408. The van der Waals surface area contributed by atoms with Crippen molar-refractivity contribution < 1.29 is 13.5 Å². The number of rotatable bonds is 4. The number of aromatic nitrogens is 2. The molecule has 0 radical (unpaired) electrons. The molecule has 0 spiro atoms. The van der Waals surface area contributed by atoms with E-state index in [2.05, 4.69) is 14.9 Å². The fourth-order valence-electron chi connectivity index (χ4n) is 2.04. The zero-order valence-electron chi connectivity index (χ0n) is 11.9. The van der Waals surface area contributed by atoms with Gasteiger partial charge in [-0.2, -0.15) is 5.10 Å². The lowest BCUT2D eigenvalue weighted by atomic mass is 10.1. The molecule has 0 fully saturated rings. The van der Waals surface area contributed by atoms with Crippen LogP contribution in [0.1, 0.15) is 22.5 Å². The van der Waals surface area contributed by atoms with E-state index < -0.39 is 10.0 Å². The molecule has 0 saturated carbocycles. The molecule has 3 N–H and O–H groups in total. The van der Waals surface area contributed by atoms with Crippen LogP contribution in [0.4, 0.5) is 5.69 Å². The number of nitrogens with one attached hydrogen (secondary N) is 2. The molecule has 114 valence electrons. The fourth-order valence-corrected chi connectivity index (χ4v) is 3.84. The van der Waals surface area contributed by atoms with Gasteiger partial charge in [-0.05, 0) is 44.0 Å². The maximum atomic E-state index is 12.6. The van der Waals surface area contributed by atoms with Gasteiger partial charge >= 0.3 is 0 Å². The maximum Gasteiger partial charge on any atom is 0.262 e. The van der Waals surface area contributed by atoms with Crippen LogP contribution in [0.25, 0.3) is 0 Å². The summed E-state index contributed by atoms with van der Waals surface area (Å²) in [5, 5.41) is 16.2. The van der Waals surface area contributed by atoms with Crippen LogP contribution in [-0.2, 0) is 16.6 Å². The number of aromatic amines is 1. The van der Waals surface area contributed by atoms with Gasteiger partial charge in [-0.3, -0.25) is 9.82 Å². The summed E-state index contributed by atoms with van der Waals surface area (Å²) in [6, 6.07) is 2.91. The van der Waals surface area contributed by atoms with Crippen molar-refractivity contribution in [2.75, 3.05) is 4.72 Å². The zero-order chi connectivity index (χ0) is 15.8. The van der Waals surface area contributed by atoms with E-state index in [0.717, 1.165) is 0 Å². The van der Waals surface area contributed by atoms with Gasteiger partial charge in [0.1, 0.15) is 0 Å². The lowest BCUT2D eigenvalue weighted by Crippen LogP contribution is -2.16. The van der Waals surface area contributed by atoms with Crippen molar-refractivity contribution >= 4 is 27.3 Å². The molecule has 2 aromatic rings. The number of hydrogen-bond donors (Lipinski definition) is 3. The Morgan fingerprint density at radius 1 is 1.33 bits per heavy atom. The summed E-state index contributed by atoms with van der Waals surface area (Å²) < 4.78 is 27.6. The van der Waals surface area contributed by atoms with Crippen molar-refractivity contribution in [2.24, 2.45) is 0 Å². The van der Waals surface area contributed by atoms with Crippen molar-refractivity contribution in [2.45, 2.75) is 32.3 Å². The standard InChI is InChI=1S/C13H16ClN3O3S/c1-7-10(6-18)4-11(14)5-12(7)21(19,20)17-13-8(2)15-16-9(13)3/h4-5,17-18H,6H2,1-3H3,(H,15,16). The average molecular weight is 330 g/mol. The molecule has 1 heterocycles. The van der Waals surface area contributed by atoms with Crippen LogP contribution >= 0.6 is 11.6 Å². The van der Waals surface area contributed by atoms with Gasteiger partial charge in [-0.15, -0.1) is 0 Å². The molecule has 21 heavy (non-hydrogen) atoms. The molecule has 1 aromatic heterocycles. The molecular formula is C13H16ClN3O3S. The molecule has 6 nitrogen and oxygen atoms in total. The Kier molecular flexibility index (Phi) is 4.27. The first-order valence-electron chi connectivity index (χ1n) is 6.20. The van der Waals surface area contributed by atoms with Gasteiger partial charge < -0.3 is 5.11 Å². The lowest BCUT2D eigenvalue weighted by molar-refractivity contribution is 0.280. The maximum absolute atomic E-state index is 12.6. The Hall–Kier alpha value is -1.57. The first kappa shape index (κ1) is 15.8. The Balaban J connectivity index is 2.53. The van der Waals surface area contributed by atoms with Gasteiger partial charge in [0.25, 0.3) is 10.0 Å². The highest BCUT2D eigenvalue weighted by atomic mass is 35.5. The molecule has 2 rings (SSSR count). The Labute approximate surface area is 128 Å². The van der Waals surface area contributed by atoms with Crippen LogP contribution < -0.4 is 4.72 Å². The minimum atomic E-state index is -3.82. The smallest absolute Gasteiger partial charge is 0.262 e. The Morgan fingerprint density at radius 2 is 2.00 bits per heavy atom. The number of anilines is 1. The quantitative estimate of drug-likeness (QED) is 0.802. The van der Waals surface area contributed by atoms with E-state index >= 15 is 0 Å². The van der Waals surface area contributed by atoms with Gasteiger partial charge in [-0.25, -0.2) is 8.42 Å². The number of aliphatic hydroxyl groups excluding tert-OH is 1. The Bertz CT molecular complexity index is 765. The second kappa shape index (κ2) is 5.67. The number of nitrogens with zero attached hydrogens (tertiary/aromatic N) is 1. The number of aliphatic hydroxyl groups is 1. The van der Waals surface area contributed by atoms with E-state index in [4.69, 9.17) is 11.6 Å². The number of sulfonamides is 1. The Morgan fingerprint density at radius 3 is 2.52 bits per heavy atom. The average Bonchev–Trinajstić information content (AvgIpc) is 2.72. The third-order valence-electron chi connectivity index (χ3n) is 3.26. The summed E-state index contributed by atoms with van der Waals surface area (Å²) in [5.41, 5.74) is 2.54. The summed E-state index contributed by atoms with van der Waals surface area (Å²) in [7, 11) is -3.82. The molecular weight excluding hydrogens is 314 g/mol. The first-order chi connectivity index (χ1) is 9.76. The largest absolute Gasteiger partial charge is 0.392 e. The zero-order valence-corrected chi connectivity index (χ0v) is 13.4. The first-order valence-corrected chi connectivity index (χ1v) is 8.06. The number of aryl methyl sites for hydroxylation is 2. The topological polar surface area (TPSA) is 95.1 Å². The van der Waals surface area contributed by atoms with Gasteiger partial charge in [0.2, 0.25) is 0 Å². The summed E-state index contributed by atoms with van der Waals surface area (Å²) in [5.74, 6) is 0. The molecule has 1 aromatic carbocycles. The number of hydrogen-bond acceptors (Lipinski definition) is 4. The fraction of sp³-hybridized carbons (Fsp3) is 0.308. The summed E-state index contributed by atoms with van der Waals surface area (Å²) in [4.78, 5) is 0.0408. The molecule has 0 saturated heterocycles. The predicted octanol–water partition coefficient (Wildman–Crippen LogP) is 2.28. The molecule has 0 atom stereocenters. The van der Waals surface area contributed by atoms with Crippen molar-refractivity contribution in [3.63, 3.8) is 0 Å². The summed E-state index contributed by atoms with van der Waals surface area (Å²) in [6.07, 6.45) is 0. The van der Waals surface area contributed by atoms with Crippen LogP contribution in [0.15, 0.2) is 17.0 Å². The normalized spacial score (nSPS) is 11.7. The monoisotopic (exact) mass is 329 g/mol. The van der Waals surface area contributed by atoms with Crippen molar-refractivity contribution in [1.82, 2.24) is 10.2 Å². The summed E-state index contributed by atoms with van der Waals surface area (Å²) in [6.45, 7) is 4.78. The number of benzene rings is 1. The van der Waals surface area contributed by atoms with Gasteiger partial charge in [-0.1, -0.05) is 11.6 Å². The van der Waals surface area contributed by atoms with Crippen LogP contribution in [0.5, 0.6) is 0 Å².